The third kappa shape index (κ3) is 3.46. The van der Waals surface area contributed by atoms with Gasteiger partial charge in [-0.05, 0) is 44.0 Å². The molecule has 6 heteroatoms. The molecule has 21 heavy (non-hydrogen) atoms. The Bertz CT molecular complexity index is 564. The van der Waals surface area contributed by atoms with E-state index in [1.54, 1.807) is 13.1 Å². The number of aryl methyl sites for hydroxylation is 1. The van der Waals surface area contributed by atoms with E-state index >= 15 is 0 Å². The number of aliphatic hydroxyl groups excluding tert-OH is 1. The molecule has 2 aromatic rings. The van der Waals surface area contributed by atoms with Crippen molar-refractivity contribution in [1.82, 2.24) is 20.1 Å². The molecular weight excluding hydrogens is 268 g/mol. The smallest absolute Gasteiger partial charge is 0.230 e. The summed E-state index contributed by atoms with van der Waals surface area (Å²) < 4.78 is 5.41. The van der Waals surface area contributed by atoms with Crippen LogP contribution in [-0.4, -0.2) is 38.3 Å². The Balaban J connectivity index is 1.53. The first kappa shape index (κ1) is 14.2. The zero-order valence-electron chi connectivity index (χ0n) is 12.1. The topological polar surface area (TPSA) is 75.3 Å². The van der Waals surface area contributed by atoms with Crippen LogP contribution in [0.15, 0.2) is 28.8 Å². The van der Waals surface area contributed by atoms with Crippen molar-refractivity contribution in [2.24, 2.45) is 5.92 Å². The molecule has 1 N–H and O–H groups in total. The van der Waals surface area contributed by atoms with Gasteiger partial charge in [0.15, 0.2) is 0 Å². The quantitative estimate of drug-likeness (QED) is 0.923. The Morgan fingerprint density at radius 2 is 2.14 bits per heavy atom. The number of rotatable bonds is 4. The maximum Gasteiger partial charge on any atom is 0.230 e. The summed E-state index contributed by atoms with van der Waals surface area (Å²) in [7, 11) is 0. The van der Waals surface area contributed by atoms with Crippen LogP contribution in [0.3, 0.4) is 0 Å². The molecule has 1 saturated heterocycles. The highest BCUT2D eigenvalue weighted by Crippen LogP contribution is 2.29. The molecule has 1 atom stereocenters. The Labute approximate surface area is 123 Å². The predicted molar refractivity (Wildman–Crippen MR) is 76.2 cm³/mol. The SMILES string of the molecule is Cc1nnc(CN2CCC([C@@H](O)c3ccccn3)CC2)o1. The largest absolute Gasteiger partial charge is 0.424 e. The van der Waals surface area contributed by atoms with Gasteiger partial charge >= 0.3 is 0 Å². The molecule has 0 saturated carbocycles. The standard InChI is InChI=1S/C15H20N4O2/c1-11-17-18-14(21-11)10-19-8-5-12(6-9-19)15(20)13-4-2-3-7-16-13/h2-4,7,12,15,20H,5-6,8-10H2,1H3/t15-/m1/s1. The lowest BCUT2D eigenvalue weighted by atomic mass is 9.89. The van der Waals surface area contributed by atoms with Gasteiger partial charge in [0.05, 0.1) is 18.3 Å². The molecule has 112 valence electrons. The average molecular weight is 288 g/mol. The van der Waals surface area contributed by atoms with E-state index in [0.717, 1.165) is 31.6 Å². The summed E-state index contributed by atoms with van der Waals surface area (Å²) in [6.45, 7) is 4.34. The predicted octanol–water partition coefficient (Wildman–Crippen LogP) is 1.72. The van der Waals surface area contributed by atoms with E-state index in [2.05, 4.69) is 20.1 Å². The van der Waals surface area contributed by atoms with Gasteiger partial charge in [-0.1, -0.05) is 6.07 Å². The minimum Gasteiger partial charge on any atom is -0.424 e. The molecule has 0 amide bonds. The van der Waals surface area contributed by atoms with Crippen LogP contribution in [0.1, 0.15) is 36.4 Å². The van der Waals surface area contributed by atoms with Gasteiger partial charge in [-0.2, -0.15) is 0 Å². The summed E-state index contributed by atoms with van der Waals surface area (Å²) in [4.78, 5) is 6.53. The number of piperidine rings is 1. The molecule has 1 fully saturated rings. The zero-order valence-corrected chi connectivity index (χ0v) is 12.1. The normalized spacial score (nSPS) is 18.8. The van der Waals surface area contributed by atoms with Crippen molar-refractivity contribution in [3.8, 4) is 0 Å². The van der Waals surface area contributed by atoms with Crippen molar-refractivity contribution in [3.63, 3.8) is 0 Å². The Hall–Kier alpha value is -1.79. The Morgan fingerprint density at radius 1 is 1.33 bits per heavy atom. The average Bonchev–Trinajstić information content (AvgIpc) is 2.93. The first-order valence-electron chi connectivity index (χ1n) is 7.32. The van der Waals surface area contributed by atoms with Crippen LogP contribution in [0, 0.1) is 12.8 Å². The Morgan fingerprint density at radius 3 is 2.76 bits per heavy atom. The van der Waals surface area contributed by atoms with E-state index in [-0.39, 0.29) is 5.92 Å². The van der Waals surface area contributed by atoms with Crippen molar-refractivity contribution in [2.75, 3.05) is 13.1 Å². The lowest BCUT2D eigenvalue weighted by molar-refractivity contribution is 0.0516. The molecule has 1 aliphatic rings. The van der Waals surface area contributed by atoms with Crippen LogP contribution in [0.25, 0.3) is 0 Å². The second-order valence-electron chi connectivity index (χ2n) is 5.53. The lowest BCUT2D eigenvalue weighted by Crippen LogP contribution is -2.35. The van der Waals surface area contributed by atoms with E-state index in [4.69, 9.17) is 4.42 Å². The number of aromatic nitrogens is 3. The zero-order chi connectivity index (χ0) is 14.7. The second kappa shape index (κ2) is 6.32. The fourth-order valence-corrected chi connectivity index (χ4v) is 2.81. The van der Waals surface area contributed by atoms with E-state index in [1.807, 2.05) is 18.2 Å². The van der Waals surface area contributed by atoms with E-state index in [9.17, 15) is 5.11 Å². The second-order valence-corrected chi connectivity index (χ2v) is 5.53. The van der Waals surface area contributed by atoms with Gasteiger partial charge in [-0.15, -0.1) is 10.2 Å². The maximum absolute atomic E-state index is 10.4. The first-order chi connectivity index (χ1) is 10.2. The molecule has 2 aromatic heterocycles. The third-order valence-electron chi connectivity index (χ3n) is 4.00. The van der Waals surface area contributed by atoms with Crippen molar-refractivity contribution in [2.45, 2.75) is 32.4 Å². The molecule has 3 heterocycles. The van der Waals surface area contributed by atoms with E-state index in [0.29, 0.717) is 18.3 Å². The first-order valence-corrected chi connectivity index (χ1v) is 7.32. The van der Waals surface area contributed by atoms with Gasteiger partial charge in [-0.25, -0.2) is 0 Å². The monoisotopic (exact) mass is 288 g/mol. The molecular formula is C15H20N4O2. The van der Waals surface area contributed by atoms with Gasteiger partial charge in [0.1, 0.15) is 0 Å². The number of aliphatic hydroxyl groups is 1. The molecule has 0 bridgehead atoms. The summed E-state index contributed by atoms with van der Waals surface area (Å²) in [5, 5.41) is 18.3. The Kier molecular flexibility index (Phi) is 4.26. The fraction of sp³-hybridized carbons (Fsp3) is 0.533. The highest BCUT2D eigenvalue weighted by molar-refractivity contribution is 5.08. The van der Waals surface area contributed by atoms with Gasteiger partial charge in [0.25, 0.3) is 0 Å². The van der Waals surface area contributed by atoms with Gasteiger partial charge in [0, 0.05) is 13.1 Å². The molecule has 0 spiro atoms. The van der Waals surface area contributed by atoms with Crippen LogP contribution in [-0.2, 0) is 6.54 Å². The molecule has 0 unspecified atom stereocenters. The van der Waals surface area contributed by atoms with Crippen LogP contribution in [0.4, 0.5) is 0 Å². The molecule has 3 rings (SSSR count). The van der Waals surface area contributed by atoms with Crippen molar-refractivity contribution in [1.29, 1.82) is 0 Å². The van der Waals surface area contributed by atoms with Gasteiger partial charge in [0.2, 0.25) is 11.8 Å². The van der Waals surface area contributed by atoms with E-state index in [1.165, 1.54) is 0 Å². The highest BCUT2D eigenvalue weighted by atomic mass is 16.4. The minimum atomic E-state index is -0.473. The summed E-state index contributed by atoms with van der Waals surface area (Å²) in [6, 6.07) is 5.67. The molecule has 0 aromatic carbocycles. The van der Waals surface area contributed by atoms with Crippen LogP contribution in [0.5, 0.6) is 0 Å². The number of pyridine rings is 1. The molecule has 0 aliphatic carbocycles. The molecule has 0 radical (unpaired) electrons. The van der Waals surface area contributed by atoms with Gasteiger partial charge < -0.3 is 9.52 Å². The van der Waals surface area contributed by atoms with Crippen LogP contribution >= 0.6 is 0 Å². The van der Waals surface area contributed by atoms with Gasteiger partial charge in [-0.3, -0.25) is 9.88 Å². The fourth-order valence-electron chi connectivity index (χ4n) is 2.81. The van der Waals surface area contributed by atoms with Crippen LogP contribution in [0.2, 0.25) is 0 Å². The lowest BCUT2D eigenvalue weighted by Gasteiger charge is -2.33. The van der Waals surface area contributed by atoms with E-state index < -0.39 is 6.10 Å². The van der Waals surface area contributed by atoms with Crippen molar-refractivity contribution in [3.05, 3.63) is 41.9 Å². The minimum absolute atomic E-state index is 0.264. The molecule has 1 aliphatic heterocycles. The summed E-state index contributed by atoms with van der Waals surface area (Å²) in [6.07, 6.45) is 3.15. The number of hydrogen-bond donors (Lipinski definition) is 1. The van der Waals surface area contributed by atoms with Crippen molar-refractivity contribution < 1.29 is 9.52 Å². The third-order valence-corrected chi connectivity index (χ3v) is 4.00. The molecule has 6 nitrogen and oxygen atoms in total. The summed E-state index contributed by atoms with van der Waals surface area (Å²) in [5.74, 6) is 1.53. The summed E-state index contributed by atoms with van der Waals surface area (Å²) >= 11 is 0. The number of hydrogen-bond acceptors (Lipinski definition) is 6. The number of likely N-dealkylation sites (tertiary alicyclic amines) is 1. The van der Waals surface area contributed by atoms with Crippen LogP contribution < -0.4 is 0 Å². The van der Waals surface area contributed by atoms with Crippen molar-refractivity contribution >= 4 is 0 Å². The summed E-state index contributed by atoms with van der Waals surface area (Å²) in [5.41, 5.74) is 0.767. The highest BCUT2D eigenvalue weighted by Gasteiger charge is 2.27. The maximum atomic E-state index is 10.4. The number of nitrogens with zero attached hydrogens (tertiary/aromatic N) is 4.